The van der Waals surface area contributed by atoms with Crippen molar-refractivity contribution in [3.8, 4) is 0 Å². The highest BCUT2D eigenvalue weighted by atomic mass is 16.5. The molecule has 0 bridgehead atoms. The van der Waals surface area contributed by atoms with E-state index in [1.54, 1.807) is 6.92 Å². The second-order valence-corrected chi connectivity index (χ2v) is 2.95. The van der Waals surface area contributed by atoms with Crippen LogP contribution in [0.2, 0.25) is 0 Å². The van der Waals surface area contributed by atoms with Crippen molar-refractivity contribution < 1.29 is 9.84 Å². The maximum atomic E-state index is 9.10. The highest BCUT2D eigenvalue weighted by molar-refractivity contribution is 4.74. The summed E-state index contributed by atoms with van der Waals surface area (Å²) in [5.41, 5.74) is 5.59. The van der Waals surface area contributed by atoms with Crippen LogP contribution in [-0.2, 0) is 4.74 Å². The minimum absolute atomic E-state index is 0.0137. The number of aliphatic hydroxyl groups excluding tert-OH is 1. The molecule has 60 valence electrons. The van der Waals surface area contributed by atoms with E-state index in [2.05, 4.69) is 0 Å². The average molecular weight is 145 g/mol. The third-order valence-corrected chi connectivity index (χ3v) is 1.88. The molecule has 3 nitrogen and oxygen atoms in total. The first kappa shape index (κ1) is 7.98. The van der Waals surface area contributed by atoms with Gasteiger partial charge in [0.25, 0.3) is 0 Å². The van der Waals surface area contributed by atoms with Gasteiger partial charge in [-0.05, 0) is 19.8 Å². The Morgan fingerprint density at radius 1 is 1.60 bits per heavy atom. The van der Waals surface area contributed by atoms with Gasteiger partial charge >= 0.3 is 0 Å². The lowest BCUT2D eigenvalue weighted by Gasteiger charge is -2.28. The van der Waals surface area contributed by atoms with Crippen molar-refractivity contribution in [1.82, 2.24) is 0 Å². The zero-order valence-corrected chi connectivity index (χ0v) is 6.29. The zero-order valence-electron chi connectivity index (χ0n) is 6.29. The fourth-order valence-corrected chi connectivity index (χ4v) is 1.17. The van der Waals surface area contributed by atoms with E-state index < -0.39 is 0 Å². The molecule has 1 saturated heterocycles. The van der Waals surface area contributed by atoms with Crippen molar-refractivity contribution >= 4 is 0 Å². The van der Waals surface area contributed by atoms with E-state index in [1.807, 2.05) is 0 Å². The molecule has 10 heavy (non-hydrogen) atoms. The minimum atomic E-state index is -0.354. The van der Waals surface area contributed by atoms with Crippen molar-refractivity contribution in [2.75, 3.05) is 6.61 Å². The maximum Gasteiger partial charge on any atom is 0.0832 e. The summed E-state index contributed by atoms with van der Waals surface area (Å²) in [6.45, 7) is 2.34. The first-order valence-electron chi connectivity index (χ1n) is 3.75. The third kappa shape index (κ3) is 1.94. The normalized spacial score (nSPS) is 37.5. The van der Waals surface area contributed by atoms with E-state index in [4.69, 9.17) is 15.6 Å². The number of ether oxygens (including phenoxy) is 1. The fraction of sp³-hybridized carbons (Fsp3) is 1.00. The summed E-state index contributed by atoms with van der Waals surface area (Å²) in [7, 11) is 0. The molecule has 3 atom stereocenters. The quantitative estimate of drug-likeness (QED) is 0.540. The molecule has 2 unspecified atom stereocenters. The van der Waals surface area contributed by atoms with Gasteiger partial charge < -0.3 is 15.6 Å². The van der Waals surface area contributed by atoms with Crippen LogP contribution in [0.3, 0.4) is 0 Å². The largest absolute Gasteiger partial charge is 0.391 e. The van der Waals surface area contributed by atoms with E-state index in [9.17, 15) is 0 Å². The third-order valence-electron chi connectivity index (χ3n) is 1.88. The molecule has 0 aromatic carbocycles. The Morgan fingerprint density at radius 2 is 2.30 bits per heavy atom. The van der Waals surface area contributed by atoms with Gasteiger partial charge in [-0.3, -0.25) is 0 Å². The summed E-state index contributed by atoms with van der Waals surface area (Å²) >= 11 is 0. The molecular weight excluding hydrogens is 130 g/mol. The van der Waals surface area contributed by atoms with E-state index >= 15 is 0 Å². The Bertz CT molecular complexity index is 97.8. The molecule has 1 rings (SSSR count). The van der Waals surface area contributed by atoms with E-state index in [1.165, 1.54) is 0 Å². The van der Waals surface area contributed by atoms with Crippen molar-refractivity contribution in [2.24, 2.45) is 5.73 Å². The van der Waals surface area contributed by atoms with Gasteiger partial charge in [0.1, 0.15) is 0 Å². The predicted molar refractivity (Wildman–Crippen MR) is 38.6 cm³/mol. The van der Waals surface area contributed by atoms with Gasteiger partial charge in [0.2, 0.25) is 0 Å². The van der Waals surface area contributed by atoms with E-state index in [0.717, 1.165) is 12.8 Å². The highest BCUT2D eigenvalue weighted by Gasteiger charge is 2.22. The number of aliphatic hydroxyl groups is 1. The van der Waals surface area contributed by atoms with Crippen molar-refractivity contribution in [2.45, 2.75) is 38.0 Å². The standard InChI is InChI=1S/C7H15NO2/c1-5(9)7-3-2-6(8)4-10-7/h5-7,9H,2-4,8H2,1H3/t5-,6?,7?/m1/s1. The van der Waals surface area contributed by atoms with Crippen molar-refractivity contribution in [3.05, 3.63) is 0 Å². The molecule has 0 aliphatic carbocycles. The monoisotopic (exact) mass is 145 g/mol. The van der Waals surface area contributed by atoms with Gasteiger partial charge in [0.15, 0.2) is 0 Å². The highest BCUT2D eigenvalue weighted by Crippen LogP contribution is 2.14. The molecule has 1 aliphatic heterocycles. The number of rotatable bonds is 1. The van der Waals surface area contributed by atoms with Crippen LogP contribution in [0.1, 0.15) is 19.8 Å². The van der Waals surface area contributed by atoms with Crippen molar-refractivity contribution in [1.29, 1.82) is 0 Å². The summed E-state index contributed by atoms with van der Waals surface area (Å²) in [6.07, 6.45) is 1.52. The minimum Gasteiger partial charge on any atom is -0.391 e. The number of hydrogen-bond donors (Lipinski definition) is 2. The van der Waals surface area contributed by atoms with Gasteiger partial charge in [-0.1, -0.05) is 0 Å². The molecule has 0 spiro atoms. The number of hydrogen-bond acceptors (Lipinski definition) is 3. The van der Waals surface area contributed by atoms with Gasteiger partial charge in [-0.15, -0.1) is 0 Å². The molecule has 0 amide bonds. The Labute approximate surface area is 61.2 Å². The average Bonchev–Trinajstić information content (AvgIpc) is 1.88. The van der Waals surface area contributed by atoms with E-state index in [0.29, 0.717) is 6.61 Å². The topological polar surface area (TPSA) is 55.5 Å². The smallest absolute Gasteiger partial charge is 0.0832 e. The predicted octanol–water partition coefficient (Wildman–Crippen LogP) is -0.127. The van der Waals surface area contributed by atoms with Gasteiger partial charge in [0.05, 0.1) is 18.8 Å². The van der Waals surface area contributed by atoms with Gasteiger partial charge in [0, 0.05) is 6.04 Å². The molecule has 0 aromatic rings. The van der Waals surface area contributed by atoms with E-state index in [-0.39, 0.29) is 18.2 Å². The lowest BCUT2D eigenvalue weighted by Crippen LogP contribution is -2.39. The summed E-state index contributed by atoms with van der Waals surface area (Å²) in [6, 6.07) is 0.176. The van der Waals surface area contributed by atoms with Crippen LogP contribution in [0.5, 0.6) is 0 Å². The van der Waals surface area contributed by atoms with Gasteiger partial charge in [-0.2, -0.15) is 0 Å². The summed E-state index contributed by atoms with van der Waals surface area (Å²) in [4.78, 5) is 0. The summed E-state index contributed by atoms with van der Waals surface area (Å²) in [5.74, 6) is 0. The van der Waals surface area contributed by atoms with Crippen LogP contribution in [-0.4, -0.2) is 30.0 Å². The molecule has 0 aromatic heterocycles. The van der Waals surface area contributed by atoms with Crippen LogP contribution >= 0.6 is 0 Å². The Hall–Kier alpha value is -0.120. The lowest BCUT2D eigenvalue weighted by atomic mass is 10.0. The first-order valence-corrected chi connectivity index (χ1v) is 3.75. The molecule has 1 heterocycles. The van der Waals surface area contributed by atoms with Crippen LogP contribution in [0.25, 0.3) is 0 Å². The van der Waals surface area contributed by atoms with Gasteiger partial charge in [-0.25, -0.2) is 0 Å². The Kier molecular flexibility index (Phi) is 2.65. The second kappa shape index (κ2) is 3.32. The first-order chi connectivity index (χ1) is 4.70. The maximum absolute atomic E-state index is 9.10. The Morgan fingerprint density at radius 3 is 2.70 bits per heavy atom. The van der Waals surface area contributed by atoms with Crippen LogP contribution < -0.4 is 5.73 Å². The summed E-state index contributed by atoms with van der Waals surface area (Å²) in [5, 5.41) is 9.10. The number of nitrogens with two attached hydrogens (primary N) is 1. The molecular formula is C7H15NO2. The Balaban J connectivity index is 2.26. The lowest BCUT2D eigenvalue weighted by molar-refractivity contribution is -0.0608. The molecule has 0 saturated carbocycles. The van der Waals surface area contributed by atoms with Crippen molar-refractivity contribution in [3.63, 3.8) is 0 Å². The molecule has 1 aliphatic rings. The fourth-order valence-electron chi connectivity index (χ4n) is 1.17. The van der Waals surface area contributed by atoms with Crippen LogP contribution in [0, 0.1) is 0 Å². The summed E-state index contributed by atoms with van der Waals surface area (Å²) < 4.78 is 5.28. The molecule has 1 fully saturated rings. The second-order valence-electron chi connectivity index (χ2n) is 2.95. The van der Waals surface area contributed by atoms with Crippen LogP contribution in [0.15, 0.2) is 0 Å². The SMILES string of the molecule is C[C@@H](O)C1CCC(N)CO1. The molecule has 3 N–H and O–H groups in total. The molecule has 0 radical (unpaired) electrons. The van der Waals surface area contributed by atoms with Crippen LogP contribution in [0.4, 0.5) is 0 Å². The molecule has 3 heteroatoms. The zero-order chi connectivity index (χ0) is 7.56.